The van der Waals surface area contributed by atoms with E-state index in [4.69, 9.17) is 4.74 Å². The minimum Gasteiger partial charge on any atom is -0.380 e. The van der Waals surface area contributed by atoms with Gasteiger partial charge in [0.1, 0.15) is 0 Å². The molecule has 1 aromatic rings. The van der Waals surface area contributed by atoms with E-state index in [0.29, 0.717) is 0 Å². The summed E-state index contributed by atoms with van der Waals surface area (Å²) >= 11 is 0. The molecule has 0 amide bonds. The summed E-state index contributed by atoms with van der Waals surface area (Å²) in [6.07, 6.45) is 5.08. The molecule has 0 bridgehead atoms. The van der Waals surface area contributed by atoms with Gasteiger partial charge in [0.05, 0.1) is 6.10 Å². The Morgan fingerprint density at radius 2 is 2.40 bits per heavy atom. The van der Waals surface area contributed by atoms with Crippen LogP contribution in [0, 0.1) is 0 Å². The molecule has 0 saturated heterocycles. The maximum absolute atomic E-state index is 5.28. The van der Waals surface area contributed by atoms with E-state index < -0.39 is 0 Å². The van der Waals surface area contributed by atoms with Gasteiger partial charge in [-0.15, -0.1) is 0 Å². The molecule has 1 aliphatic carbocycles. The maximum Gasteiger partial charge on any atom is 0.0722 e. The van der Waals surface area contributed by atoms with Gasteiger partial charge < -0.3 is 14.6 Å². The van der Waals surface area contributed by atoms with Gasteiger partial charge >= 0.3 is 0 Å². The smallest absolute Gasteiger partial charge is 0.0722 e. The van der Waals surface area contributed by atoms with Gasteiger partial charge in [0.25, 0.3) is 0 Å². The van der Waals surface area contributed by atoms with Gasteiger partial charge in [-0.1, -0.05) is 0 Å². The summed E-state index contributed by atoms with van der Waals surface area (Å²) in [5, 5.41) is 3.53. The standard InChI is InChI=1S/C12H20N2O/c1-10(15-2)9-14-7-3-4-12(14)8-13-11-5-6-11/h3-4,7,10-11,13H,5-6,8-9H2,1-2H3. The van der Waals surface area contributed by atoms with Crippen LogP contribution in [0.1, 0.15) is 25.5 Å². The van der Waals surface area contributed by atoms with Crippen LogP contribution in [0.2, 0.25) is 0 Å². The van der Waals surface area contributed by atoms with Crippen molar-refractivity contribution in [2.45, 2.75) is 45.0 Å². The van der Waals surface area contributed by atoms with Crippen LogP contribution in [-0.2, 0) is 17.8 Å². The van der Waals surface area contributed by atoms with Crippen LogP contribution in [0.15, 0.2) is 18.3 Å². The Labute approximate surface area is 91.4 Å². The third kappa shape index (κ3) is 3.08. The second-order valence-electron chi connectivity index (χ2n) is 4.35. The molecule has 1 heterocycles. The van der Waals surface area contributed by atoms with Crippen molar-refractivity contribution in [2.24, 2.45) is 0 Å². The molecule has 0 aromatic carbocycles. The van der Waals surface area contributed by atoms with Gasteiger partial charge in [-0.25, -0.2) is 0 Å². The molecule has 1 saturated carbocycles. The Hall–Kier alpha value is -0.800. The van der Waals surface area contributed by atoms with E-state index in [0.717, 1.165) is 19.1 Å². The molecule has 1 atom stereocenters. The number of hydrogen-bond donors (Lipinski definition) is 1. The molecular weight excluding hydrogens is 188 g/mol. The van der Waals surface area contributed by atoms with Gasteiger partial charge in [-0.3, -0.25) is 0 Å². The first kappa shape index (κ1) is 10.7. The maximum atomic E-state index is 5.28. The highest BCUT2D eigenvalue weighted by Crippen LogP contribution is 2.19. The van der Waals surface area contributed by atoms with Crippen molar-refractivity contribution in [3.8, 4) is 0 Å². The van der Waals surface area contributed by atoms with E-state index in [1.165, 1.54) is 18.5 Å². The zero-order valence-electron chi connectivity index (χ0n) is 9.57. The van der Waals surface area contributed by atoms with Crippen LogP contribution >= 0.6 is 0 Å². The van der Waals surface area contributed by atoms with Crippen LogP contribution in [0.4, 0.5) is 0 Å². The fourth-order valence-electron chi connectivity index (χ4n) is 1.68. The summed E-state index contributed by atoms with van der Waals surface area (Å²) < 4.78 is 7.54. The third-order valence-electron chi connectivity index (χ3n) is 2.93. The van der Waals surface area contributed by atoms with E-state index >= 15 is 0 Å². The van der Waals surface area contributed by atoms with Crippen LogP contribution < -0.4 is 5.32 Å². The number of nitrogens with one attached hydrogen (secondary N) is 1. The number of nitrogens with zero attached hydrogens (tertiary/aromatic N) is 1. The van der Waals surface area contributed by atoms with E-state index in [1.54, 1.807) is 7.11 Å². The fourth-order valence-corrected chi connectivity index (χ4v) is 1.68. The first-order valence-electron chi connectivity index (χ1n) is 5.70. The predicted molar refractivity (Wildman–Crippen MR) is 60.8 cm³/mol. The summed E-state index contributed by atoms with van der Waals surface area (Å²) in [4.78, 5) is 0. The largest absolute Gasteiger partial charge is 0.380 e. The zero-order valence-corrected chi connectivity index (χ0v) is 9.57. The van der Waals surface area contributed by atoms with E-state index in [2.05, 4.69) is 35.1 Å². The van der Waals surface area contributed by atoms with Crippen molar-refractivity contribution in [2.75, 3.05) is 7.11 Å². The number of methoxy groups -OCH3 is 1. The quantitative estimate of drug-likeness (QED) is 0.771. The monoisotopic (exact) mass is 208 g/mol. The van der Waals surface area contributed by atoms with E-state index in [1.807, 2.05) is 0 Å². The predicted octanol–water partition coefficient (Wildman–Crippen LogP) is 1.77. The number of hydrogen-bond acceptors (Lipinski definition) is 2. The first-order valence-corrected chi connectivity index (χ1v) is 5.70. The van der Waals surface area contributed by atoms with E-state index in [9.17, 15) is 0 Å². The van der Waals surface area contributed by atoms with Crippen molar-refractivity contribution < 1.29 is 4.74 Å². The van der Waals surface area contributed by atoms with Gasteiger partial charge in [0.2, 0.25) is 0 Å². The van der Waals surface area contributed by atoms with Crippen LogP contribution in [-0.4, -0.2) is 23.8 Å². The minimum atomic E-state index is 0.275. The van der Waals surface area contributed by atoms with Gasteiger partial charge in [-0.05, 0) is 31.9 Å². The molecule has 1 aliphatic rings. The first-order chi connectivity index (χ1) is 7.29. The molecule has 0 spiro atoms. The molecule has 0 aliphatic heterocycles. The van der Waals surface area contributed by atoms with Crippen molar-refractivity contribution in [1.29, 1.82) is 0 Å². The summed E-state index contributed by atoms with van der Waals surface area (Å²) in [6.45, 7) is 4.01. The van der Waals surface area contributed by atoms with Crippen molar-refractivity contribution in [3.05, 3.63) is 24.0 Å². The second kappa shape index (κ2) is 4.81. The van der Waals surface area contributed by atoms with Crippen LogP contribution in [0.3, 0.4) is 0 Å². The molecule has 1 fully saturated rings. The Bertz CT molecular complexity index is 304. The highest BCUT2D eigenvalue weighted by Gasteiger charge is 2.20. The molecule has 3 nitrogen and oxygen atoms in total. The summed E-state index contributed by atoms with van der Waals surface area (Å²) in [5.41, 5.74) is 1.35. The topological polar surface area (TPSA) is 26.2 Å². The molecule has 84 valence electrons. The van der Waals surface area contributed by atoms with E-state index in [-0.39, 0.29) is 6.10 Å². The molecule has 1 unspecified atom stereocenters. The summed E-state index contributed by atoms with van der Waals surface area (Å²) in [5.74, 6) is 0. The Balaban J connectivity index is 1.88. The Morgan fingerprint density at radius 3 is 3.07 bits per heavy atom. The van der Waals surface area contributed by atoms with Crippen LogP contribution in [0.25, 0.3) is 0 Å². The Morgan fingerprint density at radius 1 is 1.60 bits per heavy atom. The van der Waals surface area contributed by atoms with Crippen molar-refractivity contribution in [1.82, 2.24) is 9.88 Å². The van der Waals surface area contributed by atoms with Crippen molar-refractivity contribution in [3.63, 3.8) is 0 Å². The van der Waals surface area contributed by atoms with Crippen molar-refractivity contribution >= 4 is 0 Å². The fraction of sp³-hybridized carbons (Fsp3) is 0.667. The molecular formula is C12H20N2O. The number of rotatable bonds is 6. The van der Waals surface area contributed by atoms with Crippen LogP contribution in [0.5, 0.6) is 0 Å². The molecule has 3 heteroatoms. The lowest BCUT2D eigenvalue weighted by molar-refractivity contribution is 0.102. The number of ether oxygens (including phenoxy) is 1. The molecule has 0 radical (unpaired) electrons. The molecule has 2 rings (SSSR count). The van der Waals surface area contributed by atoms with Gasteiger partial charge in [0.15, 0.2) is 0 Å². The van der Waals surface area contributed by atoms with Gasteiger partial charge in [-0.2, -0.15) is 0 Å². The minimum absolute atomic E-state index is 0.275. The summed E-state index contributed by atoms with van der Waals surface area (Å²) in [7, 11) is 1.76. The SMILES string of the molecule is COC(C)Cn1cccc1CNC1CC1. The molecule has 15 heavy (non-hydrogen) atoms. The zero-order chi connectivity index (χ0) is 10.7. The third-order valence-corrected chi connectivity index (χ3v) is 2.93. The normalized spacial score (nSPS) is 18.0. The number of aromatic nitrogens is 1. The molecule has 1 N–H and O–H groups in total. The highest BCUT2D eigenvalue weighted by atomic mass is 16.5. The molecule has 1 aromatic heterocycles. The average Bonchev–Trinajstić information content (AvgIpc) is 2.97. The lowest BCUT2D eigenvalue weighted by Gasteiger charge is -2.14. The summed E-state index contributed by atoms with van der Waals surface area (Å²) in [6, 6.07) is 5.05. The Kier molecular flexibility index (Phi) is 3.44. The second-order valence-corrected chi connectivity index (χ2v) is 4.35. The lowest BCUT2D eigenvalue weighted by Crippen LogP contribution is -2.21. The highest BCUT2D eigenvalue weighted by molar-refractivity contribution is 5.07. The average molecular weight is 208 g/mol. The lowest BCUT2D eigenvalue weighted by atomic mass is 10.3. The van der Waals surface area contributed by atoms with Gasteiger partial charge in [0, 0.05) is 38.1 Å².